The van der Waals surface area contributed by atoms with Gasteiger partial charge in [0.15, 0.2) is 5.75 Å². The molecule has 0 spiro atoms. The molecule has 0 aliphatic heterocycles. The van der Waals surface area contributed by atoms with Gasteiger partial charge >= 0.3 is 6.09 Å². The van der Waals surface area contributed by atoms with Crippen molar-refractivity contribution in [3.8, 4) is 17.3 Å². The Labute approximate surface area is 267 Å². The van der Waals surface area contributed by atoms with Crippen LogP contribution < -0.4 is 24.8 Å². The zero-order valence-corrected chi connectivity index (χ0v) is 27.3. The quantitative estimate of drug-likeness (QED) is 0.186. The number of nitrogens with one attached hydrogen (secondary N) is 3. The molecule has 12 nitrogen and oxygen atoms in total. The fourth-order valence-corrected chi connectivity index (χ4v) is 5.22. The summed E-state index contributed by atoms with van der Waals surface area (Å²) in [6.45, 7) is 7.83. The highest BCUT2D eigenvalue weighted by atomic mass is 35.5. The van der Waals surface area contributed by atoms with Crippen molar-refractivity contribution in [2.24, 2.45) is 0 Å². The molecule has 3 N–H and O–H groups in total. The minimum atomic E-state index is -3.64. The third-order valence-corrected chi connectivity index (χ3v) is 7.64. The largest absolute Gasteiger partial charge is 0.492 e. The number of sulfonamides is 1. The molecule has 0 saturated carbocycles. The lowest BCUT2D eigenvalue weighted by Gasteiger charge is -2.24. The van der Waals surface area contributed by atoms with E-state index in [1.54, 1.807) is 12.1 Å². The number of ether oxygens (including phenoxy) is 2. The van der Waals surface area contributed by atoms with E-state index in [9.17, 15) is 18.0 Å². The molecule has 0 unspecified atom stereocenters. The molecule has 45 heavy (non-hydrogen) atoms. The van der Waals surface area contributed by atoms with Gasteiger partial charge in [0.2, 0.25) is 10.0 Å². The highest BCUT2D eigenvalue weighted by Gasteiger charge is 2.23. The zero-order valence-electron chi connectivity index (χ0n) is 25.7. The summed E-state index contributed by atoms with van der Waals surface area (Å²) in [6.07, 6.45) is 2.35. The highest BCUT2D eigenvalue weighted by Crippen LogP contribution is 2.39. The summed E-state index contributed by atoms with van der Waals surface area (Å²) >= 11 is 6.44. The lowest BCUT2D eigenvalue weighted by atomic mass is 9.86. The van der Waals surface area contributed by atoms with E-state index in [1.807, 2.05) is 58.0 Å². The van der Waals surface area contributed by atoms with E-state index in [-0.39, 0.29) is 45.0 Å². The van der Waals surface area contributed by atoms with Gasteiger partial charge in [0.1, 0.15) is 0 Å². The van der Waals surface area contributed by atoms with Crippen LogP contribution in [0, 0.1) is 0 Å². The summed E-state index contributed by atoms with van der Waals surface area (Å²) in [7, 11) is -2.27. The maximum atomic E-state index is 13.5. The molecule has 0 aliphatic carbocycles. The molecule has 4 aromatic rings. The predicted molar refractivity (Wildman–Crippen MR) is 173 cm³/mol. The molecule has 3 aromatic carbocycles. The van der Waals surface area contributed by atoms with Crippen molar-refractivity contribution in [2.45, 2.75) is 45.6 Å². The number of benzene rings is 3. The zero-order chi connectivity index (χ0) is 32.9. The molecule has 1 atom stereocenters. The van der Waals surface area contributed by atoms with Crippen molar-refractivity contribution in [1.29, 1.82) is 0 Å². The Morgan fingerprint density at radius 2 is 1.73 bits per heavy atom. The summed E-state index contributed by atoms with van der Waals surface area (Å²) in [6, 6.07) is 17.2. The Bertz CT molecular complexity index is 1800. The van der Waals surface area contributed by atoms with Crippen LogP contribution in [0.25, 0.3) is 5.69 Å². The Morgan fingerprint density at radius 3 is 2.36 bits per heavy atom. The van der Waals surface area contributed by atoms with Gasteiger partial charge in [-0.15, -0.1) is 0 Å². The van der Waals surface area contributed by atoms with Gasteiger partial charge in [-0.25, -0.2) is 17.9 Å². The monoisotopic (exact) mass is 654 g/mol. The number of anilines is 2. The number of carbonyl (C=O) groups is 2. The summed E-state index contributed by atoms with van der Waals surface area (Å²) < 4.78 is 38.7. The van der Waals surface area contributed by atoms with Crippen LogP contribution in [-0.2, 0) is 15.4 Å². The number of rotatable bonds is 10. The van der Waals surface area contributed by atoms with E-state index in [1.165, 1.54) is 36.2 Å². The molecule has 0 aliphatic rings. The SMILES string of the molecule is CC[C@@H](NC(=O)Oc1cn(-c2cc(C(=O)Nc3cc(C(C)(C)C)cc(NS(C)(=O)=O)c3OC)ccc2Cl)nn1)c1ccccc1. The lowest BCUT2D eigenvalue weighted by molar-refractivity contribution is 0.102. The van der Waals surface area contributed by atoms with Crippen LogP contribution in [0.4, 0.5) is 16.2 Å². The number of halogens is 1. The number of hydrogen-bond donors (Lipinski definition) is 3. The summed E-state index contributed by atoms with van der Waals surface area (Å²) in [5, 5.41) is 13.8. The van der Waals surface area contributed by atoms with Crippen molar-refractivity contribution in [3.05, 3.63) is 88.6 Å². The molecule has 0 radical (unpaired) electrons. The average molecular weight is 655 g/mol. The maximum Gasteiger partial charge on any atom is 0.414 e. The normalized spacial score (nSPS) is 12.2. The first-order valence-corrected chi connectivity index (χ1v) is 16.2. The molecule has 1 aromatic heterocycles. The molecule has 0 bridgehead atoms. The molecule has 1 heterocycles. The van der Waals surface area contributed by atoms with Gasteiger partial charge in [-0.05, 0) is 53.3 Å². The Hall–Kier alpha value is -4.62. The molecular formula is C31H35ClN6O6S. The molecule has 0 saturated heterocycles. The van der Waals surface area contributed by atoms with Crippen molar-refractivity contribution in [2.75, 3.05) is 23.4 Å². The van der Waals surface area contributed by atoms with Gasteiger partial charge in [-0.2, -0.15) is 0 Å². The minimum absolute atomic E-state index is 0.0732. The summed E-state index contributed by atoms with van der Waals surface area (Å²) in [5.74, 6) is -0.453. The van der Waals surface area contributed by atoms with Gasteiger partial charge < -0.3 is 20.1 Å². The maximum absolute atomic E-state index is 13.5. The van der Waals surface area contributed by atoms with Gasteiger partial charge in [0, 0.05) is 5.56 Å². The number of methoxy groups -OCH3 is 1. The van der Waals surface area contributed by atoms with Crippen LogP contribution in [0.3, 0.4) is 0 Å². The number of hydrogen-bond acceptors (Lipinski definition) is 8. The predicted octanol–water partition coefficient (Wildman–Crippen LogP) is 6.09. The topological polar surface area (TPSA) is 154 Å². The molecule has 2 amide bonds. The average Bonchev–Trinajstić information content (AvgIpc) is 3.43. The van der Waals surface area contributed by atoms with Crippen molar-refractivity contribution in [1.82, 2.24) is 20.3 Å². The van der Waals surface area contributed by atoms with Crippen LogP contribution in [0.5, 0.6) is 11.6 Å². The molecule has 238 valence electrons. The number of carbonyl (C=O) groups excluding carboxylic acids is 2. The van der Waals surface area contributed by atoms with Crippen LogP contribution in [-0.4, -0.2) is 48.8 Å². The van der Waals surface area contributed by atoms with Gasteiger partial charge in [0.25, 0.3) is 11.8 Å². The first-order valence-electron chi connectivity index (χ1n) is 14.0. The third-order valence-electron chi connectivity index (χ3n) is 6.73. The second-order valence-corrected chi connectivity index (χ2v) is 13.4. The number of aromatic nitrogens is 3. The minimum Gasteiger partial charge on any atom is -0.492 e. The molecular weight excluding hydrogens is 620 g/mol. The smallest absolute Gasteiger partial charge is 0.414 e. The Balaban J connectivity index is 1.56. The molecule has 14 heteroatoms. The van der Waals surface area contributed by atoms with Crippen molar-refractivity contribution >= 4 is 45.0 Å². The number of nitrogens with zero attached hydrogens (tertiary/aromatic N) is 3. The first-order chi connectivity index (χ1) is 21.2. The third kappa shape index (κ3) is 8.52. The van der Waals surface area contributed by atoms with Crippen molar-refractivity contribution < 1.29 is 27.5 Å². The van der Waals surface area contributed by atoms with E-state index in [2.05, 4.69) is 25.7 Å². The van der Waals surface area contributed by atoms with E-state index in [0.717, 1.165) is 17.4 Å². The highest BCUT2D eigenvalue weighted by molar-refractivity contribution is 7.92. The first kappa shape index (κ1) is 33.3. The lowest BCUT2D eigenvalue weighted by Crippen LogP contribution is -2.30. The van der Waals surface area contributed by atoms with Crippen LogP contribution in [0.1, 0.15) is 61.6 Å². The van der Waals surface area contributed by atoms with E-state index >= 15 is 0 Å². The van der Waals surface area contributed by atoms with E-state index in [4.69, 9.17) is 21.1 Å². The second-order valence-electron chi connectivity index (χ2n) is 11.3. The fourth-order valence-electron chi connectivity index (χ4n) is 4.46. The van der Waals surface area contributed by atoms with Gasteiger partial charge in [-0.1, -0.05) is 79.9 Å². The van der Waals surface area contributed by atoms with E-state index < -0.39 is 22.0 Å². The number of amides is 2. The summed E-state index contributed by atoms with van der Waals surface area (Å²) in [5.41, 5.74) is 2.28. The fraction of sp³-hybridized carbons (Fsp3) is 0.290. The van der Waals surface area contributed by atoms with Crippen LogP contribution in [0.15, 0.2) is 66.9 Å². The second kappa shape index (κ2) is 13.6. The molecule has 4 rings (SSSR count). The summed E-state index contributed by atoms with van der Waals surface area (Å²) in [4.78, 5) is 26.0. The van der Waals surface area contributed by atoms with Crippen LogP contribution in [0.2, 0.25) is 5.02 Å². The van der Waals surface area contributed by atoms with Gasteiger partial charge in [-0.3, -0.25) is 9.52 Å². The van der Waals surface area contributed by atoms with Crippen molar-refractivity contribution in [3.63, 3.8) is 0 Å². The van der Waals surface area contributed by atoms with Crippen LogP contribution >= 0.6 is 11.6 Å². The van der Waals surface area contributed by atoms with E-state index in [0.29, 0.717) is 12.1 Å². The van der Waals surface area contributed by atoms with Gasteiger partial charge in [0.05, 0.1) is 47.7 Å². The standard InChI is InChI=1S/C31H35ClN6O6S/c1-7-23(19-11-9-8-10-12-19)34-30(40)44-27-18-38(37-35-27)26-15-20(13-14-22(26)32)29(39)33-24-16-21(31(2,3)4)17-25(28(24)43-5)36-45(6,41)42/h8-18,23,36H,7H2,1-6H3,(H,33,39)(H,34,40)/t23-/m1/s1. The Morgan fingerprint density at radius 1 is 1.04 bits per heavy atom. The molecule has 0 fully saturated rings. The Kier molecular flexibility index (Phi) is 10.0.